The van der Waals surface area contributed by atoms with E-state index in [9.17, 15) is 9.59 Å². The van der Waals surface area contributed by atoms with Crippen LogP contribution in [0.15, 0.2) is 63.9 Å². The molecule has 0 radical (unpaired) electrons. The second kappa shape index (κ2) is 7.62. The minimum Gasteiger partial charge on any atom is -0.473 e. The first-order valence-electron chi connectivity index (χ1n) is 9.92. The minimum atomic E-state index is -0.516. The van der Waals surface area contributed by atoms with Crippen molar-refractivity contribution in [3.8, 4) is 5.88 Å². The molecule has 1 fully saturated rings. The molecule has 0 spiro atoms. The molecule has 152 valence electrons. The second-order valence-electron chi connectivity index (χ2n) is 7.32. The molecule has 0 unspecified atom stereocenters. The monoisotopic (exact) mass is 404 g/mol. The number of benzene rings is 2. The van der Waals surface area contributed by atoms with Gasteiger partial charge in [-0.25, -0.2) is 14.8 Å². The molecule has 0 atom stereocenters. The van der Waals surface area contributed by atoms with Gasteiger partial charge in [0.1, 0.15) is 12.6 Å². The maximum Gasteiger partial charge on any atom is 0.420 e. The SMILES string of the molecule is O=C(Cn1c(=O)oc2ccccc21)N1CCC(Oc2cnc3ccccc3n2)CC1. The molecule has 4 aromatic rings. The van der Waals surface area contributed by atoms with Gasteiger partial charge in [-0.05, 0) is 24.3 Å². The van der Waals surface area contributed by atoms with E-state index in [1.807, 2.05) is 30.3 Å². The normalized spacial score (nSPS) is 15.0. The van der Waals surface area contributed by atoms with Gasteiger partial charge < -0.3 is 14.1 Å². The first-order valence-corrected chi connectivity index (χ1v) is 9.92. The van der Waals surface area contributed by atoms with Gasteiger partial charge in [0.05, 0.1) is 22.7 Å². The van der Waals surface area contributed by atoms with Crippen LogP contribution in [0.3, 0.4) is 0 Å². The second-order valence-corrected chi connectivity index (χ2v) is 7.32. The Labute approximate surface area is 171 Å². The van der Waals surface area contributed by atoms with Crippen molar-refractivity contribution >= 4 is 28.0 Å². The molecule has 1 aliphatic heterocycles. The molecule has 1 amide bonds. The van der Waals surface area contributed by atoms with Gasteiger partial charge in [0.15, 0.2) is 5.58 Å². The maximum absolute atomic E-state index is 12.7. The van der Waals surface area contributed by atoms with Crippen LogP contribution in [0.5, 0.6) is 5.88 Å². The van der Waals surface area contributed by atoms with Crippen molar-refractivity contribution in [2.24, 2.45) is 0 Å². The summed E-state index contributed by atoms with van der Waals surface area (Å²) >= 11 is 0. The summed E-state index contributed by atoms with van der Waals surface area (Å²) in [5.41, 5.74) is 2.73. The van der Waals surface area contributed by atoms with Crippen LogP contribution >= 0.6 is 0 Å². The van der Waals surface area contributed by atoms with Crippen LogP contribution in [-0.2, 0) is 11.3 Å². The standard InChI is InChI=1S/C22H20N4O4/c27-21(14-26-18-7-3-4-8-19(18)30-22(26)28)25-11-9-15(10-12-25)29-20-13-23-16-5-1-2-6-17(16)24-20/h1-8,13,15H,9-12,14H2. The predicted molar refractivity (Wildman–Crippen MR) is 110 cm³/mol. The number of fused-ring (bicyclic) bond motifs is 2. The molecule has 3 heterocycles. The molecular formula is C22H20N4O4. The molecule has 0 saturated carbocycles. The molecule has 5 rings (SSSR count). The van der Waals surface area contributed by atoms with Crippen LogP contribution in [-0.4, -0.2) is 44.5 Å². The number of nitrogens with zero attached hydrogens (tertiary/aromatic N) is 4. The average Bonchev–Trinajstić information content (AvgIpc) is 3.09. The Kier molecular flexibility index (Phi) is 4.66. The lowest BCUT2D eigenvalue weighted by Crippen LogP contribution is -2.43. The first-order chi connectivity index (χ1) is 14.7. The number of amides is 1. The van der Waals surface area contributed by atoms with Crippen molar-refractivity contribution in [3.05, 3.63) is 65.3 Å². The van der Waals surface area contributed by atoms with Crippen LogP contribution in [0, 0.1) is 0 Å². The zero-order valence-electron chi connectivity index (χ0n) is 16.2. The van der Waals surface area contributed by atoms with E-state index in [1.54, 1.807) is 29.3 Å². The molecule has 0 N–H and O–H groups in total. The van der Waals surface area contributed by atoms with E-state index in [1.165, 1.54) is 4.57 Å². The van der Waals surface area contributed by atoms with Crippen molar-refractivity contribution in [1.29, 1.82) is 0 Å². The van der Waals surface area contributed by atoms with Gasteiger partial charge in [0.2, 0.25) is 11.8 Å². The zero-order valence-corrected chi connectivity index (χ0v) is 16.2. The number of rotatable bonds is 4. The zero-order chi connectivity index (χ0) is 20.5. The first kappa shape index (κ1) is 18.4. The summed E-state index contributed by atoms with van der Waals surface area (Å²) in [5.74, 6) is -0.125. The van der Waals surface area contributed by atoms with Crippen LogP contribution in [0.4, 0.5) is 0 Å². The fraction of sp³-hybridized carbons (Fsp3) is 0.273. The van der Waals surface area contributed by atoms with Gasteiger partial charge in [-0.2, -0.15) is 0 Å². The third kappa shape index (κ3) is 3.52. The maximum atomic E-state index is 12.7. The van der Waals surface area contributed by atoms with Crippen molar-refractivity contribution in [3.63, 3.8) is 0 Å². The lowest BCUT2D eigenvalue weighted by atomic mass is 10.1. The highest BCUT2D eigenvalue weighted by molar-refractivity contribution is 5.79. The minimum absolute atomic E-state index is 0.0259. The molecule has 8 heteroatoms. The smallest absolute Gasteiger partial charge is 0.420 e. The number of hydrogen-bond donors (Lipinski definition) is 0. The molecule has 0 bridgehead atoms. The summed E-state index contributed by atoms with van der Waals surface area (Å²) in [4.78, 5) is 35.5. The van der Waals surface area contributed by atoms with E-state index < -0.39 is 5.76 Å². The highest BCUT2D eigenvalue weighted by Crippen LogP contribution is 2.20. The number of carbonyl (C=O) groups excluding carboxylic acids is 1. The largest absolute Gasteiger partial charge is 0.473 e. The highest BCUT2D eigenvalue weighted by Gasteiger charge is 2.25. The van der Waals surface area contributed by atoms with E-state index in [0.717, 1.165) is 11.0 Å². The van der Waals surface area contributed by atoms with Gasteiger partial charge in [-0.3, -0.25) is 9.36 Å². The van der Waals surface area contributed by atoms with Gasteiger partial charge in [0, 0.05) is 25.9 Å². The van der Waals surface area contributed by atoms with Crippen LogP contribution in [0.1, 0.15) is 12.8 Å². The molecule has 2 aromatic heterocycles. The Morgan fingerprint density at radius 1 is 1.07 bits per heavy atom. The molecule has 8 nitrogen and oxygen atoms in total. The lowest BCUT2D eigenvalue weighted by molar-refractivity contribution is -0.133. The number of likely N-dealkylation sites (tertiary alicyclic amines) is 1. The molecule has 1 saturated heterocycles. The van der Waals surface area contributed by atoms with Crippen molar-refractivity contribution in [2.75, 3.05) is 13.1 Å². The fourth-order valence-corrected chi connectivity index (χ4v) is 3.79. The predicted octanol–water partition coefficient (Wildman–Crippen LogP) is 2.61. The Balaban J connectivity index is 1.21. The van der Waals surface area contributed by atoms with Gasteiger partial charge in [-0.15, -0.1) is 0 Å². The van der Waals surface area contributed by atoms with Gasteiger partial charge >= 0.3 is 5.76 Å². The van der Waals surface area contributed by atoms with Crippen LogP contribution in [0.2, 0.25) is 0 Å². The number of ether oxygens (including phenoxy) is 1. The number of piperidine rings is 1. The van der Waals surface area contributed by atoms with Crippen LogP contribution in [0.25, 0.3) is 22.1 Å². The average molecular weight is 404 g/mol. The van der Waals surface area contributed by atoms with Gasteiger partial charge in [-0.1, -0.05) is 24.3 Å². The summed E-state index contributed by atoms with van der Waals surface area (Å²) in [6.45, 7) is 1.10. The Hall–Kier alpha value is -3.68. The molecule has 0 aliphatic carbocycles. The topological polar surface area (TPSA) is 90.5 Å². The number of aromatic nitrogens is 3. The molecule has 2 aromatic carbocycles. The molecule has 1 aliphatic rings. The number of carbonyl (C=O) groups is 1. The summed E-state index contributed by atoms with van der Waals surface area (Å²) in [7, 11) is 0. The summed E-state index contributed by atoms with van der Waals surface area (Å²) < 4.78 is 12.6. The third-order valence-corrected chi connectivity index (χ3v) is 5.38. The molecule has 30 heavy (non-hydrogen) atoms. The summed E-state index contributed by atoms with van der Waals surface area (Å²) in [6, 6.07) is 14.8. The lowest BCUT2D eigenvalue weighted by Gasteiger charge is -2.32. The van der Waals surface area contributed by atoms with E-state index in [0.29, 0.717) is 42.9 Å². The van der Waals surface area contributed by atoms with E-state index >= 15 is 0 Å². The van der Waals surface area contributed by atoms with Crippen molar-refractivity contribution in [1.82, 2.24) is 19.4 Å². The fourth-order valence-electron chi connectivity index (χ4n) is 3.79. The number of oxazole rings is 1. The van der Waals surface area contributed by atoms with E-state index in [-0.39, 0.29) is 18.6 Å². The summed E-state index contributed by atoms with van der Waals surface area (Å²) in [5, 5.41) is 0. The van der Waals surface area contributed by atoms with Gasteiger partial charge in [0.25, 0.3) is 0 Å². The Morgan fingerprint density at radius 3 is 2.63 bits per heavy atom. The third-order valence-electron chi connectivity index (χ3n) is 5.38. The van der Waals surface area contributed by atoms with Crippen molar-refractivity contribution < 1.29 is 13.9 Å². The van der Waals surface area contributed by atoms with Crippen LogP contribution < -0.4 is 10.5 Å². The van der Waals surface area contributed by atoms with E-state index in [2.05, 4.69) is 9.97 Å². The van der Waals surface area contributed by atoms with Crippen molar-refractivity contribution in [2.45, 2.75) is 25.5 Å². The molecular weight excluding hydrogens is 384 g/mol. The number of hydrogen-bond acceptors (Lipinski definition) is 6. The summed E-state index contributed by atoms with van der Waals surface area (Å²) in [6.07, 6.45) is 3.00. The van der Waals surface area contributed by atoms with E-state index in [4.69, 9.17) is 9.15 Å². The highest BCUT2D eigenvalue weighted by atomic mass is 16.5. The Morgan fingerprint density at radius 2 is 1.80 bits per heavy atom. The quantitative estimate of drug-likeness (QED) is 0.519. The number of para-hydroxylation sites is 4. The Bertz CT molecular complexity index is 1270.